The van der Waals surface area contributed by atoms with E-state index in [0.29, 0.717) is 0 Å². The minimum absolute atomic E-state index is 0. The van der Waals surface area contributed by atoms with Crippen LogP contribution in [0.5, 0.6) is 0 Å². The summed E-state index contributed by atoms with van der Waals surface area (Å²) in [5.74, 6) is 0. The molecule has 0 spiro atoms. The van der Waals surface area contributed by atoms with Gasteiger partial charge in [0.25, 0.3) is 0 Å². The van der Waals surface area contributed by atoms with Crippen LogP contribution in [0, 0.1) is 13.8 Å². The van der Waals surface area contributed by atoms with Gasteiger partial charge in [-0.15, -0.1) is 0 Å². The van der Waals surface area contributed by atoms with Gasteiger partial charge in [-0.2, -0.15) is 0 Å². The fourth-order valence-electron chi connectivity index (χ4n) is 6.68. The van der Waals surface area contributed by atoms with E-state index in [4.69, 9.17) is 0 Å². The Kier molecular flexibility index (Phi) is 18.2. The summed E-state index contributed by atoms with van der Waals surface area (Å²) in [6, 6.07) is 80.3. The molecule has 4 heterocycles. The van der Waals surface area contributed by atoms with Crippen LogP contribution in [0.25, 0.3) is 22.8 Å². The second-order valence-electron chi connectivity index (χ2n) is 14.1. The Labute approximate surface area is 386 Å². The van der Waals surface area contributed by atoms with Crippen LogP contribution < -0.4 is 42.0 Å². The van der Waals surface area contributed by atoms with Crippen molar-refractivity contribution in [3.63, 3.8) is 0 Å². The molecule has 0 aliphatic rings. The Hall–Kier alpha value is -6.46. The van der Waals surface area contributed by atoms with Gasteiger partial charge >= 0.3 is 19.8 Å². The zero-order valence-corrected chi connectivity index (χ0v) is 39.7. The van der Waals surface area contributed by atoms with E-state index in [1.54, 1.807) is 12.4 Å². The minimum atomic E-state index is -0.877. The number of aromatic nitrogens is 6. The van der Waals surface area contributed by atoms with Crippen molar-refractivity contribution in [2.45, 2.75) is 13.8 Å². The molecule has 0 radical (unpaired) electrons. The normalized spacial score (nSPS) is 10.2. The summed E-state index contributed by atoms with van der Waals surface area (Å²) in [5.41, 5.74) is 5.28. The molecule has 6 nitrogen and oxygen atoms in total. The molecule has 0 N–H and O–H groups in total. The van der Waals surface area contributed by atoms with Gasteiger partial charge in [-0.3, -0.25) is 9.97 Å². The van der Waals surface area contributed by atoms with Crippen molar-refractivity contribution in [3.05, 3.63) is 254 Å². The zero-order valence-electron chi connectivity index (χ0n) is 35.1. The standard InChI is InChI=1S/2C18H15P.2C9H8N3.Os/c2*1-4-10-16(11-5-1)19(17-12-6-2-7-13-17)18-14-8-3-9-15-18;2*1-7-6-9(12-11-7)8-4-2-3-5-10-8;/h2*1-15H;2*2-6H,1H3;/q;;2*-1;+2/p+2. The van der Waals surface area contributed by atoms with Gasteiger partial charge in [0.1, 0.15) is 31.8 Å². The molecule has 63 heavy (non-hydrogen) atoms. The Morgan fingerprint density at radius 1 is 0.317 bits per heavy atom. The monoisotopic (exact) mass is 1030 g/mol. The van der Waals surface area contributed by atoms with Gasteiger partial charge in [0.2, 0.25) is 0 Å². The Balaban J connectivity index is 0.000000142. The quantitative estimate of drug-likeness (QED) is 0.141. The van der Waals surface area contributed by atoms with Crippen LogP contribution in [0.2, 0.25) is 0 Å². The maximum absolute atomic E-state index is 4.16. The molecule has 0 aliphatic heterocycles. The van der Waals surface area contributed by atoms with Gasteiger partial charge in [-0.05, 0) is 111 Å². The summed E-state index contributed by atoms with van der Waals surface area (Å²) in [6.45, 7) is 3.83. The average molecular weight is 1030 g/mol. The van der Waals surface area contributed by atoms with E-state index in [0.717, 1.165) is 34.2 Å². The van der Waals surface area contributed by atoms with Gasteiger partial charge in [0.15, 0.2) is 0 Å². The molecule has 0 atom stereocenters. The van der Waals surface area contributed by atoms with Crippen LogP contribution in [-0.4, -0.2) is 20.2 Å². The molecule has 0 fully saturated rings. The van der Waals surface area contributed by atoms with Gasteiger partial charge < -0.3 is 20.4 Å². The van der Waals surface area contributed by atoms with Crippen molar-refractivity contribution >= 4 is 47.7 Å². The summed E-state index contributed by atoms with van der Waals surface area (Å²) in [5, 5.41) is 24.4. The maximum Gasteiger partial charge on any atom is 2.00 e. The van der Waals surface area contributed by atoms with Crippen LogP contribution >= 0.6 is 15.8 Å². The summed E-state index contributed by atoms with van der Waals surface area (Å²) in [4.78, 5) is 8.32. The van der Waals surface area contributed by atoms with Gasteiger partial charge in [-0.25, -0.2) is 0 Å². The summed E-state index contributed by atoms with van der Waals surface area (Å²) >= 11 is 0. The number of nitrogens with zero attached hydrogens (tertiary/aromatic N) is 6. The van der Waals surface area contributed by atoms with Crippen molar-refractivity contribution in [2.24, 2.45) is 0 Å². The fraction of sp³-hybridized carbons (Fsp3) is 0.0370. The van der Waals surface area contributed by atoms with Crippen molar-refractivity contribution in [2.75, 3.05) is 0 Å². The van der Waals surface area contributed by atoms with Gasteiger partial charge in [-0.1, -0.05) is 145 Å². The first-order chi connectivity index (χ1) is 30.6. The van der Waals surface area contributed by atoms with Gasteiger partial charge in [0.05, 0.1) is 15.8 Å². The summed E-state index contributed by atoms with van der Waals surface area (Å²) in [7, 11) is -1.75. The smallest absolute Gasteiger partial charge is 0.574 e. The Morgan fingerprint density at radius 3 is 0.746 bits per heavy atom. The fourth-order valence-corrected chi connectivity index (χ4v) is 11.8. The first-order valence-corrected chi connectivity index (χ1v) is 23.5. The van der Waals surface area contributed by atoms with E-state index >= 15 is 0 Å². The van der Waals surface area contributed by atoms with Crippen LogP contribution in [0.4, 0.5) is 0 Å². The van der Waals surface area contributed by atoms with E-state index in [9.17, 15) is 0 Å². The molecule has 9 heteroatoms. The molecule has 0 bridgehead atoms. The van der Waals surface area contributed by atoms with E-state index in [2.05, 4.69) is 212 Å². The Morgan fingerprint density at radius 2 is 0.556 bits per heavy atom. The van der Waals surface area contributed by atoms with Crippen LogP contribution in [0.15, 0.2) is 243 Å². The number of hydrogen-bond donors (Lipinski definition) is 0. The molecule has 6 aromatic carbocycles. The molecule has 0 unspecified atom stereocenters. The van der Waals surface area contributed by atoms with E-state index in [-0.39, 0.29) is 19.8 Å². The molecule has 310 valence electrons. The van der Waals surface area contributed by atoms with E-state index in [1.165, 1.54) is 31.8 Å². The largest absolute Gasteiger partial charge is 2.00 e. The minimum Gasteiger partial charge on any atom is -0.574 e. The number of benzene rings is 6. The molecule has 0 aliphatic carbocycles. The zero-order chi connectivity index (χ0) is 42.6. The number of rotatable bonds is 8. The number of pyridine rings is 2. The summed E-state index contributed by atoms with van der Waals surface area (Å²) in [6.07, 6.45) is 3.50. The maximum atomic E-state index is 4.16. The third-order valence-corrected chi connectivity index (χ3v) is 15.0. The van der Waals surface area contributed by atoms with E-state index < -0.39 is 15.8 Å². The third kappa shape index (κ3) is 13.8. The summed E-state index contributed by atoms with van der Waals surface area (Å²) < 4.78 is 0. The van der Waals surface area contributed by atoms with Crippen molar-refractivity contribution in [1.29, 1.82) is 0 Å². The average Bonchev–Trinajstić information content (AvgIpc) is 4.00. The number of aryl methyl sites for hydroxylation is 2. The predicted octanol–water partition coefficient (Wildman–Crippen LogP) is 9.17. The molecule has 10 rings (SSSR count). The van der Waals surface area contributed by atoms with Crippen LogP contribution in [0.1, 0.15) is 11.4 Å². The van der Waals surface area contributed by atoms with Crippen molar-refractivity contribution in [3.8, 4) is 22.8 Å². The predicted molar refractivity (Wildman–Crippen MR) is 264 cm³/mol. The molecule has 4 aromatic heterocycles. The molecule has 0 saturated heterocycles. The first-order valence-electron chi connectivity index (χ1n) is 20.5. The first kappa shape index (κ1) is 46.0. The van der Waals surface area contributed by atoms with E-state index in [1.807, 2.05) is 62.4 Å². The van der Waals surface area contributed by atoms with Crippen LogP contribution in [-0.2, 0) is 19.8 Å². The van der Waals surface area contributed by atoms with Crippen molar-refractivity contribution < 1.29 is 19.8 Å². The second-order valence-corrected chi connectivity index (χ2v) is 19.1. The molecular weight excluding hydrogens is 985 g/mol. The SMILES string of the molecule is Cc1cc(-c2ccccn2)[n-]n1.Cc1cc(-c2ccccn2)[n-]n1.[Os+2].c1ccc([PH+](c2ccccc2)c2ccccc2)cc1.c1ccc([PH+](c2ccccc2)c2ccccc2)cc1. The molecule has 10 aromatic rings. The molecule has 0 amide bonds. The second kappa shape index (κ2) is 24.8. The third-order valence-electron chi connectivity index (χ3n) is 9.55. The van der Waals surface area contributed by atoms with Crippen LogP contribution in [0.3, 0.4) is 0 Å². The molecular formula is C54H48N6OsP2+2. The topological polar surface area (TPSA) is 79.8 Å². The van der Waals surface area contributed by atoms with Gasteiger partial charge in [0, 0.05) is 35.2 Å². The van der Waals surface area contributed by atoms with Crippen molar-refractivity contribution in [1.82, 2.24) is 30.4 Å². The number of hydrogen-bond acceptors (Lipinski definition) is 4. The molecule has 0 saturated carbocycles. The Bertz CT molecular complexity index is 2360.